The number of amides is 2. The zero-order chi connectivity index (χ0) is 18.3. The largest absolute Gasteiger partial charge is 0.308 e. The lowest BCUT2D eigenvalue weighted by Gasteiger charge is -2.29. The van der Waals surface area contributed by atoms with Crippen LogP contribution < -0.4 is 9.80 Å². The van der Waals surface area contributed by atoms with Crippen molar-refractivity contribution in [3.8, 4) is 0 Å². The van der Waals surface area contributed by atoms with Gasteiger partial charge in [-0.2, -0.15) is 0 Å². The Morgan fingerprint density at radius 3 is 2.35 bits per heavy atom. The summed E-state index contributed by atoms with van der Waals surface area (Å²) in [5, 5.41) is 1.95. The van der Waals surface area contributed by atoms with Gasteiger partial charge < -0.3 is 4.90 Å². The normalized spacial score (nSPS) is 12.9. The highest BCUT2D eigenvalue weighted by atomic mass is 16.2. The molecular weight excluding hydrogens is 324 g/mol. The van der Waals surface area contributed by atoms with E-state index in [1.54, 1.807) is 9.80 Å². The van der Waals surface area contributed by atoms with Gasteiger partial charge in [0.2, 0.25) is 5.91 Å². The molecule has 0 saturated heterocycles. The molecule has 3 aromatic rings. The fourth-order valence-corrected chi connectivity index (χ4v) is 3.67. The second-order valence-corrected chi connectivity index (χ2v) is 6.77. The summed E-state index contributed by atoms with van der Waals surface area (Å²) < 4.78 is 0. The number of nitrogens with zero attached hydrogens (tertiary/aromatic N) is 2. The summed E-state index contributed by atoms with van der Waals surface area (Å²) in [4.78, 5) is 29.3. The minimum Gasteiger partial charge on any atom is -0.308 e. The summed E-state index contributed by atoms with van der Waals surface area (Å²) in [6.07, 6.45) is 0. The number of para-hydroxylation sites is 1. The fourth-order valence-electron chi connectivity index (χ4n) is 3.67. The summed E-state index contributed by atoms with van der Waals surface area (Å²) >= 11 is 0. The molecule has 1 heterocycles. The van der Waals surface area contributed by atoms with E-state index in [0.717, 1.165) is 22.1 Å². The van der Waals surface area contributed by atoms with Gasteiger partial charge in [0, 0.05) is 22.7 Å². The Morgan fingerprint density at radius 1 is 0.962 bits per heavy atom. The van der Waals surface area contributed by atoms with Crippen molar-refractivity contribution in [2.75, 3.05) is 16.3 Å². The molecule has 2 amide bonds. The van der Waals surface area contributed by atoms with Gasteiger partial charge in [0.1, 0.15) is 6.54 Å². The van der Waals surface area contributed by atoms with Gasteiger partial charge in [-0.25, -0.2) is 0 Å². The SMILES string of the molecule is CC(C)N(C(=O)CN1C(=O)c2cccc3cccc1c23)c1ccccc1. The van der Waals surface area contributed by atoms with Crippen LogP contribution in [-0.2, 0) is 4.79 Å². The van der Waals surface area contributed by atoms with Crippen molar-refractivity contribution in [1.29, 1.82) is 0 Å². The molecule has 4 heteroatoms. The molecule has 1 aliphatic rings. The third-order valence-electron chi connectivity index (χ3n) is 4.76. The van der Waals surface area contributed by atoms with Gasteiger partial charge >= 0.3 is 0 Å². The maximum absolute atomic E-state index is 13.1. The summed E-state index contributed by atoms with van der Waals surface area (Å²) in [7, 11) is 0. The summed E-state index contributed by atoms with van der Waals surface area (Å²) in [6.45, 7) is 3.98. The molecule has 0 unspecified atom stereocenters. The average Bonchev–Trinajstić information content (AvgIpc) is 2.91. The Hall–Kier alpha value is -3.14. The van der Waals surface area contributed by atoms with Crippen LogP contribution in [0.1, 0.15) is 24.2 Å². The minimum atomic E-state index is -0.109. The number of benzene rings is 3. The standard InChI is InChI=1S/C22H20N2O2/c1-15(2)24(17-10-4-3-5-11-17)20(25)14-23-19-13-7-9-16-8-6-12-18(21(16)19)22(23)26/h3-13,15H,14H2,1-2H3. The average molecular weight is 344 g/mol. The van der Waals surface area contributed by atoms with E-state index < -0.39 is 0 Å². The summed E-state index contributed by atoms with van der Waals surface area (Å²) in [5.41, 5.74) is 2.32. The van der Waals surface area contributed by atoms with Crippen molar-refractivity contribution in [3.63, 3.8) is 0 Å². The maximum Gasteiger partial charge on any atom is 0.259 e. The lowest BCUT2D eigenvalue weighted by Crippen LogP contribution is -2.45. The zero-order valence-corrected chi connectivity index (χ0v) is 14.8. The molecular formula is C22H20N2O2. The third kappa shape index (κ3) is 2.54. The molecule has 4 nitrogen and oxygen atoms in total. The highest BCUT2D eigenvalue weighted by Gasteiger charge is 2.32. The topological polar surface area (TPSA) is 40.6 Å². The van der Waals surface area contributed by atoms with Crippen molar-refractivity contribution in [3.05, 3.63) is 72.3 Å². The molecule has 1 aliphatic heterocycles. The maximum atomic E-state index is 13.1. The highest BCUT2D eigenvalue weighted by Crippen LogP contribution is 2.37. The van der Waals surface area contributed by atoms with Gasteiger partial charge in [0.05, 0.1) is 5.69 Å². The van der Waals surface area contributed by atoms with E-state index in [2.05, 4.69) is 0 Å². The third-order valence-corrected chi connectivity index (χ3v) is 4.76. The van der Waals surface area contributed by atoms with Gasteiger partial charge in [0.25, 0.3) is 5.91 Å². The smallest absolute Gasteiger partial charge is 0.259 e. The first-order chi connectivity index (χ1) is 12.6. The number of carbonyl (C=O) groups is 2. The predicted octanol–water partition coefficient (Wildman–Crippen LogP) is 4.24. The van der Waals surface area contributed by atoms with Crippen LogP contribution in [0.5, 0.6) is 0 Å². The molecule has 26 heavy (non-hydrogen) atoms. The Labute approximate surface area is 152 Å². The highest BCUT2D eigenvalue weighted by molar-refractivity contribution is 6.26. The van der Waals surface area contributed by atoms with Gasteiger partial charge in [-0.3, -0.25) is 14.5 Å². The molecule has 0 radical (unpaired) electrons. The lowest BCUT2D eigenvalue weighted by molar-refractivity contribution is -0.117. The molecule has 0 N–H and O–H groups in total. The van der Waals surface area contributed by atoms with Gasteiger partial charge in [0.15, 0.2) is 0 Å². The molecule has 4 rings (SSSR count). The van der Waals surface area contributed by atoms with E-state index in [4.69, 9.17) is 0 Å². The number of hydrogen-bond acceptors (Lipinski definition) is 2. The Bertz CT molecular complexity index is 990. The van der Waals surface area contributed by atoms with E-state index in [1.165, 1.54) is 0 Å². The van der Waals surface area contributed by atoms with Crippen LogP contribution in [-0.4, -0.2) is 24.4 Å². The van der Waals surface area contributed by atoms with Gasteiger partial charge in [-0.1, -0.05) is 42.5 Å². The van der Waals surface area contributed by atoms with Crippen LogP contribution in [0.4, 0.5) is 11.4 Å². The van der Waals surface area contributed by atoms with Crippen LogP contribution >= 0.6 is 0 Å². The first kappa shape index (κ1) is 16.3. The van der Waals surface area contributed by atoms with Crippen LogP contribution in [0, 0.1) is 0 Å². The van der Waals surface area contributed by atoms with Crippen LogP contribution in [0.2, 0.25) is 0 Å². The molecule has 0 spiro atoms. The van der Waals surface area contributed by atoms with Crippen molar-refractivity contribution in [1.82, 2.24) is 0 Å². The first-order valence-corrected chi connectivity index (χ1v) is 8.78. The molecule has 0 fully saturated rings. The van der Waals surface area contributed by atoms with E-state index in [9.17, 15) is 9.59 Å². The fraction of sp³-hybridized carbons (Fsp3) is 0.182. The lowest BCUT2D eigenvalue weighted by atomic mass is 10.1. The number of carbonyl (C=O) groups excluding carboxylic acids is 2. The van der Waals surface area contributed by atoms with Crippen molar-refractivity contribution in [2.24, 2.45) is 0 Å². The van der Waals surface area contributed by atoms with E-state index in [0.29, 0.717) is 5.56 Å². The van der Waals surface area contributed by atoms with Crippen LogP contribution in [0.15, 0.2) is 66.7 Å². The minimum absolute atomic E-state index is 0.000715. The Balaban J connectivity index is 1.69. The molecule has 0 aromatic heterocycles. The van der Waals surface area contributed by atoms with Crippen LogP contribution in [0.25, 0.3) is 10.8 Å². The predicted molar refractivity (Wildman–Crippen MR) is 105 cm³/mol. The van der Waals surface area contributed by atoms with Gasteiger partial charge in [-0.05, 0) is 43.5 Å². The molecule has 0 atom stereocenters. The summed E-state index contributed by atoms with van der Waals surface area (Å²) in [6, 6.07) is 21.1. The number of rotatable bonds is 4. The van der Waals surface area contributed by atoms with Crippen molar-refractivity contribution < 1.29 is 9.59 Å². The van der Waals surface area contributed by atoms with E-state index >= 15 is 0 Å². The second kappa shape index (κ2) is 6.30. The van der Waals surface area contributed by atoms with Crippen LogP contribution in [0.3, 0.4) is 0 Å². The molecule has 0 bridgehead atoms. The molecule has 3 aromatic carbocycles. The molecule has 0 aliphatic carbocycles. The first-order valence-electron chi connectivity index (χ1n) is 8.78. The summed E-state index contributed by atoms with van der Waals surface area (Å²) in [5.74, 6) is -0.203. The monoisotopic (exact) mass is 344 g/mol. The number of anilines is 2. The molecule has 130 valence electrons. The van der Waals surface area contributed by atoms with E-state index in [-0.39, 0.29) is 24.4 Å². The quantitative estimate of drug-likeness (QED) is 0.710. The molecule has 0 saturated carbocycles. The Morgan fingerprint density at radius 2 is 1.65 bits per heavy atom. The van der Waals surface area contributed by atoms with Crippen molar-refractivity contribution in [2.45, 2.75) is 19.9 Å². The second-order valence-electron chi connectivity index (χ2n) is 6.77. The Kier molecular flexibility index (Phi) is 3.96. The van der Waals surface area contributed by atoms with Gasteiger partial charge in [-0.15, -0.1) is 0 Å². The van der Waals surface area contributed by atoms with Crippen molar-refractivity contribution >= 4 is 34.0 Å². The van der Waals surface area contributed by atoms with E-state index in [1.807, 2.05) is 80.6 Å². The zero-order valence-electron chi connectivity index (χ0n) is 14.8. The number of hydrogen-bond donors (Lipinski definition) is 0.